The average Bonchev–Trinajstić information content (AvgIpc) is 3.73. The maximum Gasteiger partial charge on any atom is 0.176 e. The average molecular weight is 564 g/mol. The molecule has 2 saturated carbocycles. The number of carbonyl (C=O) groups excluding carboxylic acids is 1. The van der Waals surface area contributed by atoms with Gasteiger partial charge in [-0.15, -0.1) is 0 Å². The molecule has 6 rings (SSSR count). The molecular formula is C32H38ClN3O4. The van der Waals surface area contributed by atoms with Gasteiger partial charge >= 0.3 is 0 Å². The van der Waals surface area contributed by atoms with E-state index in [2.05, 4.69) is 21.3 Å². The highest BCUT2D eigenvalue weighted by Gasteiger charge is 2.34. The van der Waals surface area contributed by atoms with Crippen molar-refractivity contribution in [2.75, 3.05) is 39.2 Å². The summed E-state index contributed by atoms with van der Waals surface area (Å²) in [6.07, 6.45) is 9.69. The number of nitrogens with one attached hydrogen (secondary N) is 1. The standard InChI is InChI=1S/C32H38ClN3O4/c1-39-24-11-12-36(18-24)17-19-3-8-23(9-4-19)35-30-25-13-21(22-14-27(33)32(38)29(15-22)40-2)7-10-28(25)34-16-26(30)31(37)20-5-6-20/h7,10,13-16,19-20,23-24,38H,3-6,8-9,11-12,17-18H2,1-2H3,(H,34,35)/t19-,23-,24?. The number of aromatic hydroxyl groups is 1. The van der Waals surface area contributed by atoms with E-state index in [-0.39, 0.29) is 22.5 Å². The number of likely N-dealkylation sites (tertiary alicyclic amines) is 1. The molecule has 1 saturated heterocycles. The quantitative estimate of drug-likeness (QED) is 0.285. The number of halogens is 1. The first-order valence-corrected chi connectivity index (χ1v) is 14.9. The lowest BCUT2D eigenvalue weighted by Crippen LogP contribution is -2.34. The SMILES string of the molecule is COc1cc(-c2ccc3ncc(C(=O)C4CC4)c(N[C@H]4CC[C@H](CN5CCC(OC)C5)CC4)c3c2)cc(Cl)c1O. The van der Waals surface area contributed by atoms with E-state index in [4.69, 9.17) is 21.1 Å². The number of carbonyl (C=O) groups is 1. The molecule has 0 bridgehead atoms. The first kappa shape index (κ1) is 27.3. The molecule has 1 unspecified atom stereocenters. The number of ether oxygens (including phenoxy) is 2. The Hall–Kier alpha value is -2.87. The third-order valence-electron chi connectivity index (χ3n) is 8.94. The van der Waals surface area contributed by atoms with Crippen molar-refractivity contribution < 1.29 is 19.4 Å². The highest BCUT2D eigenvalue weighted by molar-refractivity contribution is 6.32. The Morgan fingerprint density at radius 1 is 1.07 bits per heavy atom. The summed E-state index contributed by atoms with van der Waals surface area (Å²) in [5.41, 5.74) is 4.16. The Kier molecular flexibility index (Phi) is 7.89. The smallest absolute Gasteiger partial charge is 0.176 e. The van der Waals surface area contributed by atoms with Gasteiger partial charge in [-0.25, -0.2) is 0 Å². The molecule has 1 atom stereocenters. The van der Waals surface area contributed by atoms with Crippen LogP contribution in [0.15, 0.2) is 36.5 Å². The molecule has 0 amide bonds. The second-order valence-electron chi connectivity index (χ2n) is 11.7. The lowest BCUT2D eigenvalue weighted by Gasteiger charge is -2.32. The number of aromatic nitrogens is 1. The predicted molar refractivity (Wildman–Crippen MR) is 159 cm³/mol. The number of phenolic OH excluding ortho intramolecular Hbond substituents is 1. The minimum Gasteiger partial charge on any atom is -0.503 e. The summed E-state index contributed by atoms with van der Waals surface area (Å²) >= 11 is 6.31. The summed E-state index contributed by atoms with van der Waals surface area (Å²) < 4.78 is 10.9. The molecule has 2 aliphatic carbocycles. The number of ketones is 1. The van der Waals surface area contributed by atoms with Crippen LogP contribution in [-0.2, 0) is 4.74 Å². The van der Waals surface area contributed by atoms with Gasteiger partial charge in [0, 0.05) is 50.3 Å². The second-order valence-corrected chi connectivity index (χ2v) is 12.1. The molecule has 40 heavy (non-hydrogen) atoms. The number of methoxy groups -OCH3 is 2. The van der Waals surface area contributed by atoms with Gasteiger partial charge in [0.05, 0.1) is 35.0 Å². The van der Waals surface area contributed by atoms with Crippen LogP contribution in [0.5, 0.6) is 11.5 Å². The summed E-state index contributed by atoms with van der Waals surface area (Å²) in [7, 11) is 3.32. The van der Waals surface area contributed by atoms with Gasteiger partial charge in [-0.1, -0.05) is 17.7 Å². The second kappa shape index (κ2) is 11.6. The number of benzene rings is 2. The van der Waals surface area contributed by atoms with Crippen LogP contribution in [0, 0.1) is 11.8 Å². The number of anilines is 1. The molecule has 0 spiro atoms. The van der Waals surface area contributed by atoms with Gasteiger partial charge < -0.3 is 24.8 Å². The Labute approximate surface area is 240 Å². The van der Waals surface area contributed by atoms with Crippen molar-refractivity contribution >= 4 is 34.0 Å². The number of pyridine rings is 1. The molecule has 3 aromatic rings. The van der Waals surface area contributed by atoms with E-state index in [1.807, 2.05) is 19.2 Å². The normalized spacial score (nSPS) is 23.4. The lowest BCUT2D eigenvalue weighted by molar-refractivity contribution is 0.0968. The number of hydrogen-bond acceptors (Lipinski definition) is 7. The summed E-state index contributed by atoms with van der Waals surface area (Å²) in [6.45, 7) is 3.33. The van der Waals surface area contributed by atoms with Gasteiger partial charge in [0.15, 0.2) is 17.3 Å². The maximum atomic E-state index is 13.4. The molecule has 7 nitrogen and oxygen atoms in total. The van der Waals surface area contributed by atoms with Gasteiger partial charge in [-0.05, 0) is 86.3 Å². The van der Waals surface area contributed by atoms with E-state index in [0.29, 0.717) is 29.4 Å². The molecule has 2 heterocycles. The van der Waals surface area contributed by atoms with E-state index in [9.17, 15) is 9.90 Å². The third kappa shape index (κ3) is 5.65. The molecule has 8 heteroatoms. The van der Waals surface area contributed by atoms with Crippen molar-refractivity contribution in [2.45, 2.75) is 57.1 Å². The zero-order valence-electron chi connectivity index (χ0n) is 23.3. The Morgan fingerprint density at radius 2 is 1.88 bits per heavy atom. The van der Waals surface area contributed by atoms with Crippen LogP contribution in [-0.4, -0.2) is 66.8 Å². The lowest BCUT2D eigenvalue weighted by atomic mass is 9.85. The molecule has 2 N–H and O–H groups in total. The van der Waals surface area contributed by atoms with E-state index in [1.165, 1.54) is 20.0 Å². The van der Waals surface area contributed by atoms with E-state index in [0.717, 1.165) is 79.5 Å². The number of phenols is 1. The molecule has 2 aromatic carbocycles. The Morgan fingerprint density at radius 3 is 2.58 bits per heavy atom. The van der Waals surface area contributed by atoms with Crippen molar-refractivity contribution in [3.05, 3.63) is 47.1 Å². The number of rotatable bonds is 9. The van der Waals surface area contributed by atoms with Crippen LogP contribution in [0.3, 0.4) is 0 Å². The molecule has 212 valence electrons. The largest absolute Gasteiger partial charge is 0.503 e. The predicted octanol–water partition coefficient (Wildman–Crippen LogP) is 6.55. The first-order valence-electron chi connectivity index (χ1n) is 14.5. The minimum atomic E-state index is -0.0751. The fourth-order valence-electron chi connectivity index (χ4n) is 6.39. The summed E-state index contributed by atoms with van der Waals surface area (Å²) in [6, 6.07) is 9.86. The number of Topliss-reactive ketones (excluding diaryl/α,β-unsaturated/α-hetero) is 1. The molecule has 3 fully saturated rings. The van der Waals surface area contributed by atoms with Crippen LogP contribution < -0.4 is 10.1 Å². The summed E-state index contributed by atoms with van der Waals surface area (Å²) in [4.78, 5) is 20.6. The molecular weight excluding hydrogens is 526 g/mol. The number of fused-ring (bicyclic) bond motifs is 1. The van der Waals surface area contributed by atoms with Crippen LogP contribution in [0.25, 0.3) is 22.0 Å². The highest BCUT2D eigenvalue weighted by Crippen LogP contribution is 2.41. The van der Waals surface area contributed by atoms with Crippen LogP contribution in [0.2, 0.25) is 5.02 Å². The van der Waals surface area contributed by atoms with E-state index >= 15 is 0 Å². The van der Waals surface area contributed by atoms with Gasteiger partial charge in [0.25, 0.3) is 0 Å². The van der Waals surface area contributed by atoms with Crippen LogP contribution in [0.4, 0.5) is 5.69 Å². The van der Waals surface area contributed by atoms with Gasteiger partial charge in [-0.3, -0.25) is 9.78 Å². The van der Waals surface area contributed by atoms with Crippen molar-refractivity contribution in [2.24, 2.45) is 11.8 Å². The summed E-state index contributed by atoms with van der Waals surface area (Å²) in [5.74, 6) is 1.24. The van der Waals surface area contributed by atoms with Crippen molar-refractivity contribution in [3.8, 4) is 22.6 Å². The van der Waals surface area contributed by atoms with Crippen molar-refractivity contribution in [3.63, 3.8) is 0 Å². The third-order valence-corrected chi connectivity index (χ3v) is 9.23. The number of nitrogens with zero attached hydrogens (tertiary/aromatic N) is 2. The number of hydrogen-bond donors (Lipinski definition) is 2. The zero-order chi connectivity index (χ0) is 27.8. The maximum absolute atomic E-state index is 13.4. The fourth-order valence-corrected chi connectivity index (χ4v) is 6.60. The molecule has 1 aliphatic heterocycles. The topological polar surface area (TPSA) is 83.9 Å². The summed E-state index contributed by atoms with van der Waals surface area (Å²) in [5, 5.41) is 15.2. The Bertz CT molecular complexity index is 1400. The van der Waals surface area contributed by atoms with E-state index < -0.39 is 0 Å². The highest BCUT2D eigenvalue weighted by atomic mass is 35.5. The van der Waals surface area contributed by atoms with Crippen LogP contribution in [0.1, 0.15) is 55.3 Å². The zero-order valence-corrected chi connectivity index (χ0v) is 24.0. The molecule has 3 aliphatic rings. The van der Waals surface area contributed by atoms with Gasteiger partial charge in [0.2, 0.25) is 0 Å². The van der Waals surface area contributed by atoms with Crippen molar-refractivity contribution in [1.29, 1.82) is 0 Å². The van der Waals surface area contributed by atoms with Gasteiger partial charge in [-0.2, -0.15) is 0 Å². The minimum absolute atomic E-state index is 0.0751. The van der Waals surface area contributed by atoms with E-state index in [1.54, 1.807) is 18.3 Å². The van der Waals surface area contributed by atoms with Gasteiger partial charge in [0.1, 0.15) is 0 Å². The Balaban J connectivity index is 1.27. The van der Waals surface area contributed by atoms with Crippen molar-refractivity contribution in [1.82, 2.24) is 9.88 Å². The molecule has 0 radical (unpaired) electrons. The van der Waals surface area contributed by atoms with Crippen LogP contribution >= 0.6 is 11.6 Å². The monoisotopic (exact) mass is 563 g/mol. The molecule has 1 aromatic heterocycles. The first-order chi connectivity index (χ1) is 19.4. The fraction of sp³-hybridized carbons (Fsp3) is 0.500.